The van der Waals surface area contributed by atoms with E-state index in [0.29, 0.717) is 12.6 Å². The Morgan fingerprint density at radius 3 is 2.42 bits per heavy atom. The van der Waals surface area contributed by atoms with Crippen LogP contribution in [0.4, 0.5) is 13.2 Å². The molecule has 1 aromatic rings. The highest BCUT2D eigenvalue weighted by molar-refractivity contribution is 5.77. The van der Waals surface area contributed by atoms with Crippen molar-refractivity contribution in [3.63, 3.8) is 0 Å². The van der Waals surface area contributed by atoms with E-state index in [-0.39, 0.29) is 24.7 Å². The van der Waals surface area contributed by atoms with Crippen LogP contribution >= 0.6 is 0 Å². The van der Waals surface area contributed by atoms with Gasteiger partial charge in [-0.2, -0.15) is 13.2 Å². The molecule has 1 amide bonds. The van der Waals surface area contributed by atoms with E-state index in [9.17, 15) is 18.0 Å². The highest BCUT2D eigenvalue weighted by Crippen LogP contribution is 2.33. The van der Waals surface area contributed by atoms with Gasteiger partial charge in [0.1, 0.15) is 12.4 Å². The van der Waals surface area contributed by atoms with Gasteiger partial charge in [-0.15, -0.1) is 0 Å². The lowest BCUT2D eigenvalue weighted by Crippen LogP contribution is -2.51. The number of halogens is 3. The molecular weight excluding hydrogens is 447 g/mol. The van der Waals surface area contributed by atoms with Crippen LogP contribution in [0.1, 0.15) is 42.7 Å². The molecule has 1 N–H and O–H groups in total. The second kappa shape index (κ2) is 10.8. The zero-order valence-corrected chi connectivity index (χ0v) is 18.8. The van der Waals surface area contributed by atoms with Gasteiger partial charge in [0, 0.05) is 37.8 Å². The number of carboxylic acid groups (broad SMARTS) is 1. The van der Waals surface area contributed by atoms with Gasteiger partial charge in [0.2, 0.25) is 5.91 Å². The van der Waals surface area contributed by atoms with Gasteiger partial charge in [-0.25, -0.2) is 4.79 Å². The molecule has 1 saturated carbocycles. The maximum Gasteiger partial charge on any atom is 0.490 e. The molecule has 0 bridgehead atoms. The Balaban J connectivity index is 0.000000383. The lowest BCUT2D eigenvalue weighted by atomic mass is 10.1. The van der Waals surface area contributed by atoms with Crippen LogP contribution in [0.2, 0.25) is 0 Å². The van der Waals surface area contributed by atoms with Gasteiger partial charge in [-0.05, 0) is 39.5 Å². The van der Waals surface area contributed by atoms with Crippen LogP contribution < -0.4 is 0 Å². The number of likely N-dealkylation sites (tertiary alicyclic amines) is 1. The van der Waals surface area contributed by atoms with Crippen molar-refractivity contribution in [1.29, 1.82) is 0 Å². The molecule has 3 aliphatic rings. The lowest BCUT2D eigenvalue weighted by Gasteiger charge is -2.39. The SMILES string of the molecule is Cc1noc(C)c1CN1CCO[C@H]2[C@H](OCC(=O)N3CCCC3)CC[C@@H]21.O=C(O)C(F)(F)F. The number of aliphatic carboxylic acids is 1. The fraction of sp³-hybridized carbons (Fsp3) is 0.762. The average Bonchev–Trinajstić information content (AvgIpc) is 3.49. The Bertz CT molecular complexity index is 805. The molecule has 9 nitrogen and oxygen atoms in total. The van der Waals surface area contributed by atoms with Crippen LogP contribution in [-0.2, 0) is 25.6 Å². The number of carboxylic acids is 1. The summed E-state index contributed by atoms with van der Waals surface area (Å²) in [6.45, 7) is 8.34. The van der Waals surface area contributed by atoms with E-state index in [2.05, 4.69) is 10.1 Å². The maximum atomic E-state index is 12.2. The number of hydrogen-bond donors (Lipinski definition) is 1. The Labute approximate surface area is 189 Å². The topological polar surface area (TPSA) is 105 Å². The molecular formula is C21H30F3N3O6. The summed E-state index contributed by atoms with van der Waals surface area (Å²) in [5.41, 5.74) is 2.15. The Hall–Kier alpha value is -2.18. The second-order valence-electron chi connectivity index (χ2n) is 8.49. The Kier molecular flexibility index (Phi) is 8.35. The second-order valence-corrected chi connectivity index (χ2v) is 8.49. The average molecular weight is 477 g/mol. The summed E-state index contributed by atoms with van der Waals surface area (Å²) >= 11 is 0. The van der Waals surface area contributed by atoms with Crippen LogP contribution in [0.5, 0.6) is 0 Å². The van der Waals surface area contributed by atoms with E-state index in [4.69, 9.17) is 23.9 Å². The van der Waals surface area contributed by atoms with Crippen LogP contribution in [0.3, 0.4) is 0 Å². The third-order valence-corrected chi connectivity index (χ3v) is 6.32. The number of fused-ring (bicyclic) bond motifs is 1. The molecule has 3 heterocycles. The van der Waals surface area contributed by atoms with Gasteiger partial charge < -0.3 is 24.0 Å². The van der Waals surface area contributed by atoms with Gasteiger partial charge in [-0.3, -0.25) is 9.69 Å². The van der Waals surface area contributed by atoms with Crippen molar-refractivity contribution in [2.24, 2.45) is 0 Å². The largest absolute Gasteiger partial charge is 0.490 e. The number of rotatable bonds is 5. The van der Waals surface area contributed by atoms with Gasteiger partial charge in [0.05, 0.1) is 24.5 Å². The summed E-state index contributed by atoms with van der Waals surface area (Å²) in [6.07, 6.45) is -0.814. The highest BCUT2D eigenvalue weighted by Gasteiger charge is 2.44. The number of morpholine rings is 1. The van der Waals surface area contributed by atoms with Crippen molar-refractivity contribution in [1.82, 2.24) is 15.0 Å². The summed E-state index contributed by atoms with van der Waals surface area (Å²) in [6, 6.07) is 0.337. The number of aryl methyl sites for hydroxylation is 2. The van der Waals surface area contributed by atoms with Crippen molar-refractivity contribution >= 4 is 11.9 Å². The molecule has 1 aliphatic carbocycles. The first-order valence-electron chi connectivity index (χ1n) is 11.0. The number of ether oxygens (including phenoxy) is 2. The molecule has 2 saturated heterocycles. The maximum absolute atomic E-state index is 12.2. The number of hydrogen-bond acceptors (Lipinski definition) is 7. The van der Waals surface area contributed by atoms with Gasteiger partial charge in [0.15, 0.2) is 0 Å². The first-order valence-corrected chi connectivity index (χ1v) is 11.0. The standard InChI is InChI=1S/C19H29N3O4.C2HF3O2/c1-13-15(14(2)26-20-13)11-22-9-10-24-19-16(22)5-6-17(19)25-12-18(23)21-7-3-4-8-21;3-2(4,5)1(6)7/h16-17,19H,3-12H2,1-2H3;(H,6,7)/t16-,17+,19+;/m0./s1. The van der Waals surface area contributed by atoms with Crippen molar-refractivity contribution < 1.29 is 41.9 Å². The zero-order valence-electron chi connectivity index (χ0n) is 18.8. The minimum atomic E-state index is -5.08. The normalized spacial score (nSPS) is 25.5. The zero-order chi connectivity index (χ0) is 24.2. The third-order valence-electron chi connectivity index (χ3n) is 6.32. The highest BCUT2D eigenvalue weighted by atomic mass is 19.4. The number of alkyl halides is 3. The van der Waals surface area contributed by atoms with Crippen LogP contribution in [0, 0.1) is 13.8 Å². The summed E-state index contributed by atoms with van der Waals surface area (Å²) < 4.78 is 49.1. The van der Waals surface area contributed by atoms with Crippen molar-refractivity contribution in [2.45, 2.75) is 70.5 Å². The van der Waals surface area contributed by atoms with Crippen LogP contribution in [0.15, 0.2) is 4.52 Å². The molecule has 0 radical (unpaired) electrons. The van der Waals surface area contributed by atoms with Crippen LogP contribution in [-0.4, -0.2) is 89.2 Å². The molecule has 0 spiro atoms. The van der Waals surface area contributed by atoms with E-state index in [1.54, 1.807) is 0 Å². The number of nitrogens with zero attached hydrogens (tertiary/aromatic N) is 3. The van der Waals surface area contributed by atoms with E-state index < -0.39 is 12.1 Å². The Morgan fingerprint density at radius 1 is 1.18 bits per heavy atom. The van der Waals surface area contributed by atoms with E-state index in [1.807, 2.05) is 18.7 Å². The summed E-state index contributed by atoms with van der Waals surface area (Å²) in [7, 11) is 0. The predicted octanol–water partition coefficient (Wildman–Crippen LogP) is 2.30. The third kappa shape index (κ3) is 6.45. The fourth-order valence-electron chi connectivity index (χ4n) is 4.53. The Morgan fingerprint density at radius 2 is 1.85 bits per heavy atom. The number of amides is 1. The molecule has 186 valence electrons. The summed E-state index contributed by atoms with van der Waals surface area (Å²) in [4.78, 5) is 25.5. The molecule has 1 aromatic heterocycles. The molecule has 3 atom stereocenters. The van der Waals surface area contributed by atoms with Crippen LogP contribution in [0.25, 0.3) is 0 Å². The first kappa shape index (κ1) is 25.4. The lowest BCUT2D eigenvalue weighted by molar-refractivity contribution is -0.192. The van der Waals surface area contributed by atoms with Gasteiger partial charge in [0.25, 0.3) is 0 Å². The molecule has 3 fully saturated rings. The van der Waals surface area contributed by atoms with E-state index >= 15 is 0 Å². The fourth-order valence-corrected chi connectivity index (χ4v) is 4.53. The van der Waals surface area contributed by atoms with Crippen molar-refractivity contribution in [3.05, 3.63) is 17.0 Å². The number of carbonyl (C=O) groups is 2. The number of carbonyl (C=O) groups excluding carboxylic acids is 1. The molecule has 2 aliphatic heterocycles. The molecule has 33 heavy (non-hydrogen) atoms. The molecule has 12 heteroatoms. The summed E-state index contributed by atoms with van der Waals surface area (Å²) in [5, 5.41) is 11.2. The van der Waals surface area contributed by atoms with Crippen molar-refractivity contribution in [3.8, 4) is 0 Å². The summed E-state index contributed by atoms with van der Waals surface area (Å²) in [5.74, 6) is -1.74. The van der Waals surface area contributed by atoms with Gasteiger partial charge >= 0.3 is 12.1 Å². The quantitative estimate of drug-likeness (QED) is 0.689. The van der Waals surface area contributed by atoms with E-state index in [0.717, 1.165) is 63.3 Å². The first-order chi connectivity index (χ1) is 15.6. The predicted molar refractivity (Wildman–Crippen MR) is 108 cm³/mol. The minimum absolute atomic E-state index is 0.0130. The van der Waals surface area contributed by atoms with Crippen molar-refractivity contribution in [2.75, 3.05) is 32.8 Å². The smallest absolute Gasteiger partial charge is 0.475 e. The monoisotopic (exact) mass is 477 g/mol. The molecule has 4 rings (SSSR count). The molecule has 0 aromatic carbocycles. The minimum Gasteiger partial charge on any atom is -0.475 e. The van der Waals surface area contributed by atoms with Gasteiger partial charge in [-0.1, -0.05) is 5.16 Å². The molecule has 0 unspecified atom stereocenters. The number of aromatic nitrogens is 1. The van der Waals surface area contributed by atoms with E-state index in [1.165, 1.54) is 5.56 Å².